The van der Waals surface area contributed by atoms with E-state index in [0.29, 0.717) is 17.2 Å². The minimum Gasteiger partial charge on any atom is -0.438 e. The molecule has 1 aromatic carbocycles. The van der Waals surface area contributed by atoms with Gasteiger partial charge in [0.05, 0.1) is 0 Å². The van der Waals surface area contributed by atoms with Crippen molar-refractivity contribution in [2.24, 2.45) is 0 Å². The smallest absolute Gasteiger partial charge is 0.237 e. The Morgan fingerprint density at radius 1 is 1.12 bits per heavy atom. The van der Waals surface area contributed by atoms with E-state index >= 15 is 0 Å². The Morgan fingerprint density at radius 3 is 2.56 bits per heavy atom. The first kappa shape index (κ1) is 10.2. The fourth-order valence-corrected chi connectivity index (χ4v) is 1.30. The summed E-state index contributed by atoms with van der Waals surface area (Å²) in [7, 11) is 0. The lowest BCUT2D eigenvalue weighted by atomic mass is 10.2. The van der Waals surface area contributed by atoms with Gasteiger partial charge in [0.1, 0.15) is 17.4 Å². The Labute approximate surface area is 93.9 Å². The lowest BCUT2D eigenvalue weighted by Crippen LogP contribution is -1.93. The van der Waals surface area contributed by atoms with Crippen molar-refractivity contribution < 1.29 is 4.74 Å². The molecule has 0 aliphatic carbocycles. The number of rotatable bonds is 2. The predicted octanol–water partition coefficient (Wildman–Crippen LogP) is 3.05. The molecule has 0 amide bonds. The van der Waals surface area contributed by atoms with Crippen molar-refractivity contribution in [3.63, 3.8) is 0 Å². The summed E-state index contributed by atoms with van der Waals surface area (Å²) < 4.78 is 5.55. The molecule has 0 atom stereocenters. The van der Waals surface area contributed by atoms with Crippen LogP contribution in [-0.2, 0) is 0 Å². The maximum atomic E-state index is 8.92. The highest BCUT2D eigenvalue weighted by atomic mass is 16.5. The first-order chi connectivity index (χ1) is 7.79. The second-order valence-corrected chi connectivity index (χ2v) is 3.33. The van der Waals surface area contributed by atoms with Crippen molar-refractivity contribution in [1.29, 1.82) is 5.26 Å². The molecule has 0 aliphatic rings. The van der Waals surface area contributed by atoms with Gasteiger partial charge in [-0.1, -0.05) is 18.2 Å². The highest BCUT2D eigenvalue weighted by Gasteiger charge is 2.06. The van der Waals surface area contributed by atoms with Gasteiger partial charge < -0.3 is 4.74 Å². The summed E-state index contributed by atoms with van der Waals surface area (Å²) in [4.78, 5) is 4.19. The number of ether oxygens (including phenoxy) is 1. The molecule has 0 N–H and O–H groups in total. The normalized spacial score (nSPS) is 9.50. The summed E-state index contributed by atoms with van der Waals surface area (Å²) >= 11 is 0. The molecular formula is C13H10N2O. The van der Waals surface area contributed by atoms with Gasteiger partial charge in [-0.25, -0.2) is 4.98 Å². The highest BCUT2D eigenvalue weighted by molar-refractivity contribution is 5.41. The van der Waals surface area contributed by atoms with Crippen LogP contribution in [0.3, 0.4) is 0 Å². The van der Waals surface area contributed by atoms with E-state index in [2.05, 4.69) is 11.1 Å². The standard InChI is InChI=1S/C13H10N2O/c1-10-7-8-11(9-14)13(15-10)16-12-5-3-2-4-6-12/h2-8H,1H3. The first-order valence-electron chi connectivity index (χ1n) is 4.90. The van der Waals surface area contributed by atoms with Crippen molar-refractivity contribution in [1.82, 2.24) is 4.98 Å². The number of nitrogens with zero attached hydrogens (tertiary/aromatic N) is 2. The Hall–Kier alpha value is -2.34. The van der Waals surface area contributed by atoms with E-state index in [4.69, 9.17) is 10.00 Å². The van der Waals surface area contributed by atoms with Crippen LogP contribution in [0.25, 0.3) is 0 Å². The molecule has 0 radical (unpaired) electrons. The van der Waals surface area contributed by atoms with Crippen LogP contribution >= 0.6 is 0 Å². The Kier molecular flexibility index (Phi) is 2.84. The van der Waals surface area contributed by atoms with Crippen LogP contribution in [0.4, 0.5) is 0 Å². The summed E-state index contributed by atoms with van der Waals surface area (Å²) in [6.07, 6.45) is 0. The van der Waals surface area contributed by atoms with Crippen molar-refractivity contribution in [3.8, 4) is 17.7 Å². The molecule has 2 rings (SSSR count). The molecule has 78 valence electrons. The van der Waals surface area contributed by atoms with Crippen LogP contribution in [0, 0.1) is 18.3 Å². The van der Waals surface area contributed by atoms with Crippen LogP contribution in [0.5, 0.6) is 11.6 Å². The van der Waals surface area contributed by atoms with Crippen molar-refractivity contribution in [3.05, 3.63) is 53.7 Å². The average Bonchev–Trinajstić information content (AvgIpc) is 2.31. The van der Waals surface area contributed by atoms with E-state index in [1.807, 2.05) is 37.3 Å². The van der Waals surface area contributed by atoms with E-state index < -0.39 is 0 Å². The Morgan fingerprint density at radius 2 is 1.88 bits per heavy atom. The van der Waals surface area contributed by atoms with Gasteiger partial charge in [0, 0.05) is 5.69 Å². The molecule has 3 nitrogen and oxygen atoms in total. The summed E-state index contributed by atoms with van der Waals surface area (Å²) in [5, 5.41) is 8.92. The number of para-hydroxylation sites is 1. The number of aryl methyl sites for hydroxylation is 1. The molecule has 0 fully saturated rings. The van der Waals surface area contributed by atoms with E-state index in [9.17, 15) is 0 Å². The summed E-state index contributed by atoms with van der Waals surface area (Å²) in [5.74, 6) is 1.03. The zero-order valence-electron chi connectivity index (χ0n) is 8.84. The van der Waals surface area contributed by atoms with Gasteiger partial charge >= 0.3 is 0 Å². The molecule has 16 heavy (non-hydrogen) atoms. The van der Waals surface area contributed by atoms with Gasteiger partial charge in [0.2, 0.25) is 5.88 Å². The number of nitriles is 1. The fourth-order valence-electron chi connectivity index (χ4n) is 1.30. The monoisotopic (exact) mass is 210 g/mol. The van der Waals surface area contributed by atoms with Crippen LogP contribution in [0.1, 0.15) is 11.3 Å². The third kappa shape index (κ3) is 2.18. The predicted molar refractivity (Wildman–Crippen MR) is 60.2 cm³/mol. The molecule has 0 saturated carbocycles. The topological polar surface area (TPSA) is 45.9 Å². The third-order valence-corrected chi connectivity index (χ3v) is 2.08. The highest BCUT2D eigenvalue weighted by Crippen LogP contribution is 2.22. The zero-order chi connectivity index (χ0) is 11.4. The average molecular weight is 210 g/mol. The Balaban J connectivity index is 2.35. The van der Waals surface area contributed by atoms with E-state index in [1.54, 1.807) is 12.1 Å². The van der Waals surface area contributed by atoms with Gasteiger partial charge in [-0.05, 0) is 31.2 Å². The minimum atomic E-state index is 0.355. The molecule has 0 spiro atoms. The molecular weight excluding hydrogens is 200 g/mol. The minimum absolute atomic E-state index is 0.355. The van der Waals surface area contributed by atoms with Gasteiger partial charge in [0.15, 0.2) is 0 Å². The largest absolute Gasteiger partial charge is 0.438 e. The van der Waals surface area contributed by atoms with Crippen LogP contribution in [-0.4, -0.2) is 4.98 Å². The molecule has 0 bridgehead atoms. The number of aromatic nitrogens is 1. The summed E-state index contributed by atoms with van der Waals surface area (Å²) in [6.45, 7) is 1.86. The summed E-state index contributed by atoms with van der Waals surface area (Å²) in [6, 6.07) is 14.9. The van der Waals surface area contributed by atoms with Gasteiger partial charge in [-0.2, -0.15) is 5.26 Å². The molecule has 0 saturated heterocycles. The molecule has 3 heteroatoms. The van der Waals surface area contributed by atoms with Crippen LogP contribution < -0.4 is 4.74 Å². The van der Waals surface area contributed by atoms with Crippen molar-refractivity contribution >= 4 is 0 Å². The molecule has 0 unspecified atom stereocenters. The molecule has 0 aliphatic heterocycles. The lowest BCUT2D eigenvalue weighted by molar-refractivity contribution is 0.460. The second-order valence-electron chi connectivity index (χ2n) is 3.33. The number of hydrogen-bond acceptors (Lipinski definition) is 3. The SMILES string of the molecule is Cc1ccc(C#N)c(Oc2ccccc2)n1. The van der Waals surface area contributed by atoms with E-state index in [0.717, 1.165) is 5.69 Å². The second kappa shape index (κ2) is 4.45. The maximum Gasteiger partial charge on any atom is 0.237 e. The number of hydrogen-bond donors (Lipinski definition) is 0. The summed E-state index contributed by atoms with van der Waals surface area (Å²) in [5.41, 5.74) is 1.26. The van der Waals surface area contributed by atoms with Gasteiger partial charge in [-0.15, -0.1) is 0 Å². The van der Waals surface area contributed by atoms with E-state index in [1.165, 1.54) is 0 Å². The first-order valence-corrected chi connectivity index (χ1v) is 4.90. The maximum absolute atomic E-state index is 8.92. The fraction of sp³-hybridized carbons (Fsp3) is 0.0769. The van der Waals surface area contributed by atoms with Gasteiger partial charge in [-0.3, -0.25) is 0 Å². The van der Waals surface area contributed by atoms with Crippen molar-refractivity contribution in [2.45, 2.75) is 6.92 Å². The van der Waals surface area contributed by atoms with Crippen LogP contribution in [0.15, 0.2) is 42.5 Å². The quantitative estimate of drug-likeness (QED) is 0.765. The number of pyridine rings is 1. The third-order valence-electron chi connectivity index (χ3n) is 2.08. The molecule has 1 heterocycles. The lowest BCUT2D eigenvalue weighted by Gasteiger charge is -2.06. The van der Waals surface area contributed by atoms with E-state index in [-0.39, 0.29) is 0 Å². The van der Waals surface area contributed by atoms with Crippen LogP contribution in [0.2, 0.25) is 0 Å². The molecule has 2 aromatic rings. The molecule has 1 aromatic heterocycles. The Bertz CT molecular complexity index is 529. The zero-order valence-corrected chi connectivity index (χ0v) is 8.84. The van der Waals surface area contributed by atoms with Crippen molar-refractivity contribution in [2.75, 3.05) is 0 Å². The van der Waals surface area contributed by atoms with Gasteiger partial charge in [0.25, 0.3) is 0 Å². The number of benzene rings is 1.